The van der Waals surface area contributed by atoms with Crippen LogP contribution in [0.2, 0.25) is 0 Å². The van der Waals surface area contributed by atoms with Crippen LogP contribution in [0.3, 0.4) is 0 Å². The molecular weight excluding hydrogens is 92.1 g/mol. The van der Waals surface area contributed by atoms with Crippen molar-refractivity contribution in [2.75, 3.05) is 7.11 Å². The van der Waals surface area contributed by atoms with E-state index in [9.17, 15) is 0 Å². The number of aliphatic hydroxyl groups is 1. The van der Waals surface area contributed by atoms with Gasteiger partial charge in [-0.3, -0.25) is 0 Å². The van der Waals surface area contributed by atoms with Crippen LogP contribution >= 0.6 is 0 Å². The third kappa shape index (κ3) is 29.4. The summed E-state index contributed by atoms with van der Waals surface area (Å²) in [6.45, 7) is 0. The Hall–Kier alpha value is 0.400. The van der Waals surface area contributed by atoms with Crippen LogP contribution in [0.5, 0.6) is 0 Å². The number of aliphatic hydroxyl groups excluding tert-OH is 1. The zero-order valence-corrected chi connectivity index (χ0v) is 3.90. The van der Waals surface area contributed by atoms with Gasteiger partial charge in [0, 0.05) is 29.5 Å². The molecule has 4 heavy (non-hydrogen) atoms. The first kappa shape index (κ1) is 8.83. The van der Waals surface area contributed by atoms with Gasteiger partial charge in [-0.2, -0.15) is 0 Å². The van der Waals surface area contributed by atoms with Gasteiger partial charge in [-0.15, -0.1) is 0 Å². The Morgan fingerprint density at radius 2 is 1.25 bits per heavy atom. The highest BCUT2D eigenvalue weighted by Gasteiger charge is 0.839. The molecule has 0 heterocycles. The standard InChI is InChI=1S/CH4O.S2/c2*1-2/h2H,1H3;. The molecule has 1 nitrogen and oxygen atoms in total. The van der Waals surface area contributed by atoms with Crippen LogP contribution in [-0.2, 0) is 22.4 Å². The van der Waals surface area contributed by atoms with E-state index in [2.05, 4.69) is 22.4 Å². The van der Waals surface area contributed by atoms with E-state index in [0.717, 1.165) is 7.11 Å². The first-order chi connectivity index (χ1) is 2.00. The lowest BCUT2D eigenvalue weighted by Crippen LogP contribution is -1.25. The molecule has 0 rings (SSSR count). The zero-order valence-electron chi connectivity index (χ0n) is 2.26. The molecule has 0 saturated carbocycles. The smallest absolute Gasteiger partial charge is 0.0319 e. The molecule has 0 aliphatic rings. The van der Waals surface area contributed by atoms with E-state index in [4.69, 9.17) is 5.11 Å². The second-order valence-electron chi connectivity index (χ2n) is 0. The van der Waals surface area contributed by atoms with Crippen LogP contribution in [0.4, 0.5) is 0 Å². The van der Waals surface area contributed by atoms with E-state index in [-0.39, 0.29) is 0 Å². The monoisotopic (exact) mass is 96.0 g/mol. The second kappa shape index (κ2) is 122. The molecule has 1 N–H and O–H groups in total. The van der Waals surface area contributed by atoms with Crippen molar-refractivity contribution in [3.8, 4) is 0 Å². The summed E-state index contributed by atoms with van der Waals surface area (Å²) < 4.78 is 0. The molecule has 0 radical (unpaired) electrons. The average Bonchev–Trinajstić information content (AvgIpc) is 1.50. The molecule has 0 aliphatic carbocycles. The lowest BCUT2D eigenvalue weighted by molar-refractivity contribution is 0.399. The molecule has 0 spiro atoms. The van der Waals surface area contributed by atoms with Crippen molar-refractivity contribution in [3.63, 3.8) is 0 Å². The van der Waals surface area contributed by atoms with Crippen molar-refractivity contribution in [2.45, 2.75) is 0 Å². The Bertz CT molecular complexity index is 6.00. The molecule has 0 unspecified atom stereocenters. The Balaban J connectivity index is 0. The molecule has 3 heteroatoms. The number of hydrogen-bond donors (Lipinski definition) is 1. The molecule has 0 aliphatic heterocycles. The summed E-state index contributed by atoms with van der Waals surface area (Å²) in [7, 11) is 1.00. The van der Waals surface area contributed by atoms with E-state index in [1.165, 1.54) is 0 Å². The lowest BCUT2D eigenvalue weighted by atomic mass is 11.8. The average molecular weight is 96.2 g/mol. The van der Waals surface area contributed by atoms with Crippen molar-refractivity contribution < 1.29 is 5.11 Å². The van der Waals surface area contributed by atoms with Crippen LogP contribution in [0.1, 0.15) is 0 Å². The topological polar surface area (TPSA) is 20.2 Å². The maximum absolute atomic E-state index is 7.00. The van der Waals surface area contributed by atoms with E-state index in [1.807, 2.05) is 0 Å². The summed E-state index contributed by atoms with van der Waals surface area (Å²) >= 11 is 7.33. The normalized spacial score (nSPS) is 2.50. The Morgan fingerprint density at radius 3 is 1.25 bits per heavy atom. The van der Waals surface area contributed by atoms with Crippen LogP contribution < -0.4 is 0 Å². The summed E-state index contributed by atoms with van der Waals surface area (Å²) in [4.78, 5) is 0. The first-order valence-electron chi connectivity index (χ1n) is 0.614. The molecule has 0 bridgehead atoms. The molecule has 0 aromatic heterocycles. The number of rotatable bonds is 0. The van der Waals surface area contributed by atoms with Crippen molar-refractivity contribution in [1.82, 2.24) is 0 Å². The number of hydrogen-bond acceptors (Lipinski definition) is 3. The first-order valence-corrected chi connectivity index (χ1v) is 1.95. The summed E-state index contributed by atoms with van der Waals surface area (Å²) in [6, 6.07) is 0. The fraction of sp³-hybridized carbons (Fsp3) is 1.00. The predicted octanol–water partition coefficient (Wildman–Crippen LogP) is -0.396. The van der Waals surface area contributed by atoms with Crippen molar-refractivity contribution in [1.29, 1.82) is 0 Å². The van der Waals surface area contributed by atoms with Gasteiger partial charge in [-0.1, -0.05) is 0 Å². The van der Waals surface area contributed by atoms with E-state index in [0.29, 0.717) is 0 Å². The van der Waals surface area contributed by atoms with Gasteiger partial charge in [0.25, 0.3) is 0 Å². The molecule has 0 saturated heterocycles. The fourth-order valence-corrected chi connectivity index (χ4v) is 0. The third-order valence-electron chi connectivity index (χ3n) is 0. The van der Waals surface area contributed by atoms with Crippen LogP contribution in [0.15, 0.2) is 0 Å². The highest BCUT2D eigenvalue weighted by molar-refractivity contribution is 8.07. The van der Waals surface area contributed by atoms with Gasteiger partial charge < -0.3 is 5.11 Å². The minimum Gasteiger partial charge on any atom is -0.400 e. The summed E-state index contributed by atoms with van der Waals surface area (Å²) in [5.41, 5.74) is 0. The predicted molar refractivity (Wildman–Crippen MR) is 22.9 cm³/mol. The van der Waals surface area contributed by atoms with E-state index in [1.54, 1.807) is 0 Å². The highest BCUT2D eigenvalue weighted by Crippen LogP contribution is 0.755. The van der Waals surface area contributed by atoms with E-state index < -0.39 is 0 Å². The molecule has 0 atom stereocenters. The van der Waals surface area contributed by atoms with Gasteiger partial charge in [0.15, 0.2) is 0 Å². The van der Waals surface area contributed by atoms with Gasteiger partial charge in [0.1, 0.15) is 0 Å². The van der Waals surface area contributed by atoms with Gasteiger partial charge in [-0.05, 0) is 0 Å². The molecule has 0 amide bonds. The van der Waals surface area contributed by atoms with Crippen molar-refractivity contribution in [2.24, 2.45) is 0 Å². The van der Waals surface area contributed by atoms with Gasteiger partial charge >= 0.3 is 0 Å². The largest absolute Gasteiger partial charge is 0.400 e. The minimum atomic E-state index is 1.00. The zero-order chi connectivity index (χ0) is 4.00. The second-order valence-corrected chi connectivity index (χ2v) is 0. The molecule has 0 aromatic rings. The SMILES string of the molecule is CO.S=S. The van der Waals surface area contributed by atoms with Crippen LogP contribution in [0, 0.1) is 0 Å². The summed E-state index contributed by atoms with van der Waals surface area (Å²) in [5.74, 6) is 0. The Morgan fingerprint density at radius 1 is 1.25 bits per heavy atom. The van der Waals surface area contributed by atoms with Crippen molar-refractivity contribution in [3.05, 3.63) is 0 Å². The third-order valence-corrected chi connectivity index (χ3v) is 0. The van der Waals surface area contributed by atoms with E-state index >= 15 is 0 Å². The summed E-state index contributed by atoms with van der Waals surface area (Å²) in [6.07, 6.45) is 0. The Labute approximate surface area is 35.3 Å². The quantitative estimate of drug-likeness (QED) is 0.443. The molecular formula is CH4OS2. The van der Waals surface area contributed by atoms with Crippen LogP contribution in [-0.4, -0.2) is 12.2 Å². The minimum absolute atomic E-state index is 1.00. The molecule has 26 valence electrons. The van der Waals surface area contributed by atoms with Crippen molar-refractivity contribution >= 4 is 22.4 Å². The maximum Gasteiger partial charge on any atom is 0.0319 e. The molecule has 0 fully saturated rings. The summed E-state index contributed by atoms with van der Waals surface area (Å²) in [5, 5.41) is 7.00. The lowest BCUT2D eigenvalue weighted by Gasteiger charge is -1.21. The van der Waals surface area contributed by atoms with Gasteiger partial charge in [-0.25, -0.2) is 0 Å². The fourth-order valence-electron chi connectivity index (χ4n) is 0. The highest BCUT2D eigenvalue weighted by atomic mass is 32.8. The van der Waals surface area contributed by atoms with Crippen LogP contribution in [0.25, 0.3) is 0 Å². The Kier molecular flexibility index (Phi) is 270. The van der Waals surface area contributed by atoms with Gasteiger partial charge in [0.05, 0.1) is 0 Å². The molecule has 0 aromatic carbocycles. The van der Waals surface area contributed by atoms with Gasteiger partial charge in [0.2, 0.25) is 0 Å². The maximum atomic E-state index is 7.00.